The van der Waals surface area contributed by atoms with Gasteiger partial charge in [-0.1, -0.05) is 17.7 Å². The van der Waals surface area contributed by atoms with Gasteiger partial charge in [-0.3, -0.25) is 0 Å². The number of imidazole rings is 1. The minimum atomic E-state index is -1.02. The zero-order valence-electron chi connectivity index (χ0n) is 24.0. The van der Waals surface area contributed by atoms with Gasteiger partial charge in [-0.2, -0.15) is 9.97 Å². The van der Waals surface area contributed by atoms with E-state index in [0.717, 1.165) is 5.57 Å². The van der Waals surface area contributed by atoms with Crippen LogP contribution in [0.15, 0.2) is 18.0 Å². The second-order valence-corrected chi connectivity index (χ2v) is 13.2. The van der Waals surface area contributed by atoms with Gasteiger partial charge in [0.15, 0.2) is 16.6 Å². The molecule has 218 valence electrons. The predicted molar refractivity (Wildman–Crippen MR) is 145 cm³/mol. The van der Waals surface area contributed by atoms with Crippen LogP contribution in [0.1, 0.15) is 74.3 Å². The van der Waals surface area contributed by atoms with E-state index < -0.39 is 47.4 Å². The summed E-state index contributed by atoms with van der Waals surface area (Å²) in [6, 6.07) is -0.424. The maximum absolute atomic E-state index is 13.2. The Kier molecular flexibility index (Phi) is 6.92. The molecule has 40 heavy (non-hydrogen) atoms. The molecule has 5 atom stereocenters. The molecule has 1 saturated carbocycles. The van der Waals surface area contributed by atoms with Crippen LogP contribution < -0.4 is 4.90 Å². The topological polar surface area (TPSA) is 138 Å². The lowest BCUT2D eigenvalue weighted by Gasteiger charge is -2.31. The zero-order chi connectivity index (χ0) is 29.4. The number of imide groups is 1. The molecule has 0 spiro atoms. The number of hydrogen-bond donors (Lipinski definition) is 1. The average Bonchev–Trinajstić information content (AvgIpc) is 3.40. The summed E-state index contributed by atoms with van der Waals surface area (Å²) in [5.74, 6) is -1.44. The molecule has 0 bridgehead atoms. The molecule has 1 N–H and O–H groups in total. The molecule has 1 saturated heterocycles. The maximum atomic E-state index is 13.2. The van der Waals surface area contributed by atoms with Crippen molar-refractivity contribution >= 4 is 40.9 Å². The number of ether oxygens (including phenoxy) is 4. The van der Waals surface area contributed by atoms with Crippen LogP contribution in [0.2, 0.25) is 5.15 Å². The van der Waals surface area contributed by atoms with E-state index in [-0.39, 0.29) is 34.3 Å². The second kappa shape index (κ2) is 9.64. The Morgan fingerprint density at radius 2 is 1.68 bits per heavy atom. The van der Waals surface area contributed by atoms with Crippen LogP contribution in [0, 0.1) is 5.92 Å². The predicted octanol–water partition coefficient (Wildman–Crippen LogP) is 4.93. The molecule has 13 heteroatoms. The fraction of sp³-hybridized carbons (Fsp3) is 0.667. The first-order chi connectivity index (χ1) is 18.5. The summed E-state index contributed by atoms with van der Waals surface area (Å²) in [4.78, 5) is 40.4. The van der Waals surface area contributed by atoms with Gasteiger partial charge in [0, 0.05) is 5.92 Å². The fourth-order valence-corrected chi connectivity index (χ4v) is 5.77. The molecule has 2 aliphatic carbocycles. The highest BCUT2D eigenvalue weighted by molar-refractivity contribution is 6.33. The molecule has 2 fully saturated rings. The highest BCUT2D eigenvalue weighted by Crippen LogP contribution is 2.53. The molecule has 3 heterocycles. The summed E-state index contributed by atoms with van der Waals surface area (Å²) in [6.45, 7) is 13.7. The van der Waals surface area contributed by atoms with Crippen LogP contribution >= 0.6 is 11.6 Å². The number of fused-ring (bicyclic) bond motifs is 4. The summed E-state index contributed by atoms with van der Waals surface area (Å²) in [7, 11) is 0. The summed E-state index contributed by atoms with van der Waals surface area (Å²) in [6.07, 6.45) is 1.55. The zero-order valence-corrected chi connectivity index (χ0v) is 24.7. The van der Waals surface area contributed by atoms with Crippen LogP contribution in [0.4, 0.5) is 15.5 Å². The Hall–Kier alpha value is -2.80. The van der Waals surface area contributed by atoms with Crippen molar-refractivity contribution in [2.75, 3.05) is 4.90 Å². The van der Waals surface area contributed by atoms with E-state index in [1.807, 2.05) is 13.8 Å². The molecule has 0 unspecified atom stereocenters. The van der Waals surface area contributed by atoms with Crippen LogP contribution in [0.5, 0.6) is 0 Å². The lowest BCUT2D eigenvalue weighted by Crippen LogP contribution is -2.44. The van der Waals surface area contributed by atoms with Gasteiger partial charge in [0.2, 0.25) is 5.95 Å². The SMILES string of the molecule is CC(C)(C)OC(=O)N(C(=O)OC(C)(C)C)c1nc(Cl)c2ncn([C@@H]3C4=CCC[C@@H](O)[C@@H]4[C@H]4OC(C)(C)O[C@H]43)c2n1. The standard InChI is InChI=1S/C27H36ClN5O7/c1-25(2,3)39-23(35)33(24(36)40-26(4,5)6)22-30-20(28)16-21(31-22)32(12-29-16)17-13-10-9-11-14(34)15(13)18-19(17)38-27(7,8)37-18/h10,12,14-15,17-19,34H,9,11H2,1-8H3/t14-,15-,17-,18-,19+/m1/s1. The average molecular weight is 578 g/mol. The summed E-state index contributed by atoms with van der Waals surface area (Å²) >= 11 is 6.55. The van der Waals surface area contributed by atoms with Gasteiger partial charge in [-0.05, 0) is 73.8 Å². The van der Waals surface area contributed by atoms with E-state index in [2.05, 4.69) is 21.0 Å². The molecule has 5 rings (SSSR count). The molecule has 2 aromatic heterocycles. The maximum Gasteiger partial charge on any atom is 0.427 e. The first-order valence-corrected chi connectivity index (χ1v) is 13.7. The van der Waals surface area contributed by atoms with Gasteiger partial charge >= 0.3 is 12.2 Å². The molecular weight excluding hydrogens is 542 g/mol. The minimum Gasteiger partial charge on any atom is -0.443 e. The Labute approximate surface area is 237 Å². The van der Waals surface area contributed by atoms with Crippen molar-refractivity contribution in [1.29, 1.82) is 0 Å². The highest BCUT2D eigenvalue weighted by atomic mass is 35.5. The molecule has 3 aliphatic rings. The van der Waals surface area contributed by atoms with E-state index in [0.29, 0.717) is 17.7 Å². The monoisotopic (exact) mass is 577 g/mol. The summed E-state index contributed by atoms with van der Waals surface area (Å²) in [5.41, 5.74) is -0.334. The van der Waals surface area contributed by atoms with Crippen molar-refractivity contribution in [2.24, 2.45) is 5.92 Å². The Morgan fingerprint density at radius 1 is 1.07 bits per heavy atom. The Morgan fingerprint density at radius 3 is 2.27 bits per heavy atom. The highest BCUT2D eigenvalue weighted by Gasteiger charge is 2.59. The normalized spacial score (nSPS) is 27.6. The number of aromatic nitrogens is 4. The number of halogens is 1. The summed E-state index contributed by atoms with van der Waals surface area (Å²) < 4.78 is 25.3. The van der Waals surface area contributed by atoms with E-state index in [4.69, 9.17) is 30.5 Å². The van der Waals surface area contributed by atoms with Crippen LogP contribution in [-0.4, -0.2) is 72.1 Å². The third-order valence-electron chi connectivity index (χ3n) is 6.83. The second-order valence-electron chi connectivity index (χ2n) is 12.8. The number of anilines is 1. The van der Waals surface area contributed by atoms with Crippen LogP contribution in [0.3, 0.4) is 0 Å². The first kappa shape index (κ1) is 28.7. The molecular formula is C27H36ClN5O7. The van der Waals surface area contributed by atoms with Crippen molar-refractivity contribution < 1.29 is 33.6 Å². The van der Waals surface area contributed by atoms with Gasteiger partial charge in [-0.15, -0.1) is 4.90 Å². The smallest absolute Gasteiger partial charge is 0.427 e. The van der Waals surface area contributed by atoms with Gasteiger partial charge in [0.25, 0.3) is 0 Å². The van der Waals surface area contributed by atoms with Crippen molar-refractivity contribution in [3.8, 4) is 0 Å². The number of carbonyl (C=O) groups is 2. The largest absolute Gasteiger partial charge is 0.443 e. The fourth-order valence-electron chi connectivity index (χ4n) is 5.56. The number of aliphatic hydroxyl groups excluding tert-OH is 1. The van der Waals surface area contributed by atoms with Crippen molar-refractivity contribution in [3.05, 3.63) is 23.1 Å². The molecule has 1 aliphatic heterocycles. The van der Waals surface area contributed by atoms with Crippen LogP contribution in [0.25, 0.3) is 11.2 Å². The Balaban J connectivity index is 1.63. The number of aliphatic hydroxyl groups is 1. The molecule has 12 nitrogen and oxygen atoms in total. The number of allylic oxidation sites excluding steroid dienone is 1. The van der Waals surface area contributed by atoms with E-state index in [9.17, 15) is 14.7 Å². The van der Waals surface area contributed by atoms with Gasteiger partial charge in [0.05, 0.1) is 24.6 Å². The minimum absolute atomic E-state index is 0.0662. The van der Waals surface area contributed by atoms with E-state index in [1.165, 1.54) is 0 Å². The Bertz CT molecular complexity index is 1350. The molecule has 0 aromatic carbocycles. The number of rotatable bonds is 2. The number of amides is 2. The lowest BCUT2D eigenvalue weighted by molar-refractivity contribution is -0.159. The third kappa shape index (κ3) is 5.29. The third-order valence-corrected chi connectivity index (χ3v) is 7.09. The summed E-state index contributed by atoms with van der Waals surface area (Å²) in [5, 5.41) is 10.9. The van der Waals surface area contributed by atoms with Crippen molar-refractivity contribution in [3.63, 3.8) is 0 Å². The van der Waals surface area contributed by atoms with Gasteiger partial charge in [-0.25, -0.2) is 14.6 Å². The van der Waals surface area contributed by atoms with Crippen molar-refractivity contribution in [1.82, 2.24) is 19.5 Å². The number of nitrogens with zero attached hydrogens (tertiary/aromatic N) is 5. The molecule has 0 radical (unpaired) electrons. The van der Waals surface area contributed by atoms with Gasteiger partial charge < -0.3 is 28.6 Å². The molecule has 2 aromatic rings. The number of carbonyl (C=O) groups excluding carboxylic acids is 2. The lowest BCUT2D eigenvalue weighted by atomic mass is 9.85. The van der Waals surface area contributed by atoms with E-state index >= 15 is 0 Å². The molecule has 2 amide bonds. The van der Waals surface area contributed by atoms with Crippen LogP contribution in [-0.2, 0) is 18.9 Å². The van der Waals surface area contributed by atoms with Crippen molar-refractivity contribution in [2.45, 2.75) is 110 Å². The van der Waals surface area contributed by atoms with E-state index in [1.54, 1.807) is 52.4 Å². The van der Waals surface area contributed by atoms with Gasteiger partial charge in [0.1, 0.15) is 22.8 Å². The number of hydrogen-bond acceptors (Lipinski definition) is 10. The quantitative estimate of drug-likeness (QED) is 0.386. The first-order valence-electron chi connectivity index (χ1n) is 13.4.